The lowest BCUT2D eigenvalue weighted by Gasteiger charge is -2.09. The molecule has 0 aliphatic heterocycles. The predicted molar refractivity (Wildman–Crippen MR) is 88.5 cm³/mol. The summed E-state index contributed by atoms with van der Waals surface area (Å²) in [5, 5.41) is 2.08. The first kappa shape index (κ1) is 15.0. The zero-order valence-electron chi connectivity index (χ0n) is 10.8. The van der Waals surface area contributed by atoms with E-state index >= 15 is 0 Å². The first-order valence-corrected chi connectivity index (χ1v) is 8.81. The zero-order chi connectivity index (χ0) is 13.8. The summed E-state index contributed by atoms with van der Waals surface area (Å²) in [5.74, 6) is 0.894. The molecule has 19 heavy (non-hydrogen) atoms. The Labute approximate surface area is 134 Å². The van der Waals surface area contributed by atoms with Gasteiger partial charge in [0.2, 0.25) is 0 Å². The van der Waals surface area contributed by atoms with E-state index in [9.17, 15) is 0 Å². The van der Waals surface area contributed by atoms with Gasteiger partial charge >= 0.3 is 0 Å². The normalized spacial score (nSPS) is 11.0. The fourth-order valence-electron chi connectivity index (χ4n) is 1.67. The topological polar surface area (TPSA) is 22.1 Å². The molecule has 0 N–H and O–H groups in total. The molecule has 0 spiro atoms. The van der Waals surface area contributed by atoms with Gasteiger partial charge in [0, 0.05) is 17.3 Å². The highest BCUT2D eigenvalue weighted by atomic mass is 79.9. The lowest BCUT2D eigenvalue weighted by Crippen LogP contribution is -2.05. The van der Waals surface area contributed by atoms with Crippen LogP contribution in [0.1, 0.15) is 18.9 Å². The Bertz CT molecular complexity index is 537. The second-order valence-electron chi connectivity index (χ2n) is 4.36. The first-order chi connectivity index (χ1) is 9.10. The zero-order valence-corrected chi connectivity index (χ0v) is 14.8. The van der Waals surface area contributed by atoms with Gasteiger partial charge in [-0.3, -0.25) is 0 Å². The predicted octanol–water partition coefficient (Wildman–Crippen LogP) is 5.30. The van der Waals surface area contributed by atoms with Crippen molar-refractivity contribution in [3.63, 3.8) is 0 Å². The molecular formula is C14H15Br2NOS. The molecular weight excluding hydrogens is 390 g/mol. The lowest BCUT2D eigenvalue weighted by atomic mass is 10.2. The number of ether oxygens (including phenoxy) is 1. The maximum absolute atomic E-state index is 5.64. The number of benzene rings is 1. The largest absolute Gasteiger partial charge is 0.491 e. The van der Waals surface area contributed by atoms with Gasteiger partial charge in [-0.1, -0.05) is 15.9 Å². The molecule has 2 nitrogen and oxygen atoms in total. The molecule has 2 aromatic rings. The molecule has 1 heterocycles. The van der Waals surface area contributed by atoms with Crippen LogP contribution in [0.3, 0.4) is 0 Å². The number of hydrogen-bond donors (Lipinski definition) is 0. The number of aryl methyl sites for hydroxylation is 1. The Hall–Kier alpha value is -0.390. The van der Waals surface area contributed by atoms with E-state index in [1.165, 1.54) is 0 Å². The molecule has 5 heteroatoms. The summed E-state index contributed by atoms with van der Waals surface area (Å²) in [7, 11) is 0. The summed E-state index contributed by atoms with van der Waals surface area (Å²) in [6.07, 6.45) is 1.15. The van der Waals surface area contributed by atoms with E-state index in [1.807, 2.05) is 26.0 Å². The molecule has 0 fully saturated rings. The molecule has 2 rings (SSSR count). The van der Waals surface area contributed by atoms with Gasteiger partial charge in [-0.25, -0.2) is 4.98 Å². The minimum atomic E-state index is 0.197. The summed E-state index contributed by atoms with van der Waals surface area (Å²) in [5.41, 5.74) is 2.12. The van der Waals surface area contributed by atoms with Crippen molar-refractivity contribution >= 4 is 43.2 Å². The van der Waals surface area contributed by atoms with Crippen LogP contribution in [0.25, 0.3) is 11.3 Å². The molecule has 1 aromatic heterocycles. The van der Waals surface area contributed by atoms with Crippen LogP contribution < -0.4 is 4.74 Å². The second-order valence-corrected chi connectivity index (χ2v) is 7.55. The Morgan fingerprint density at radius 3 is 2.53 bits per heavy atom. The molecule has 0 saturated heterocycles. The van der Waals surface area contributed by atoms with Crippen molar-refractivity contribution in [1.29, 1.82) is 0 Å². The van der Waals surface area contributed by atoms with Crippen LogP contribution in [0.5, 0.6) is 5.75 Å². The number of alkyl halides is 1. The number of aromatic nitrogens is 1. The van der Waals surface area contributed by atoms with Gasteiger partial charge in [-0.05, 0) is 54.0 Å². The number of nitrogens with zero attached hydrogens (tertiary/aromatic N) is 1. The number of halogens is 2. The van der Waals surface area contributed by atoms with Gasteiger partial charge in [0.15, 0.2) is 0 Å². The Kier molecular flexibility index (Phi) is 5.42. The lowest BCUT2D eigenvalue weighted by molar-refractivity contribution is 0.242. The van der Waals surface area contributed by atoms with Crippen molar-refractivity contribution in [2.24, 2.45) is 0 Å². The van der Waals surface area contributed by atoms with Gasteiger partial charge in [-0.15, -0.1) is 11.3 Å². The smallest absolute Gasteiger partial charge is 0.119 e. The van der Waals surface area contributed by atoms with Crippen molar-refractivity contribution in [2.45, 2.75) is 26.4 Å². The first-order valence-electron chi connectivity index (χ1n) is 6.08. The standard InChI is InChI=1S/C14H15Br2NOS/c1-9(2)18-11-5-3-10(4-6-11)13-14(16)19-12(17-13)7-8-15/h3-6,9H,7-8H2,1-2H3. The fourth-order valence-corrected chi connectivity index (χ4v) is 4.00. The summed E-state index contributed by atoms with van der Waals surface area (Å²) in [6.45, 7) is 4.05. The molecule has 0 radical (unpaired) electrons. The minimum absolute atomic E-state index is 0.197. The Morgan fingerprint density at radius 1 is 1.26 bits per heavy atom. The molecule has 0 aliphatic carbocycles. The monoisotopic (exact) mass is 403 g/mol. The van der Waals surface area contributed by atoms with Crippen LogP contribution in [0.2, 0.25) is 0 Å². The Morgan fingerprint density at radius 2 is 1.95 bits per heavy atom. The average Bonchev–Trinajstić information content (AvgIpc) is 2.71. The van der Waals surface area contributed by atoms with Crippen molar-refractivity contribution in [3.8, 4) is 17.0 Å². The second kappa shape index (κ2) is 6.86. The third-order valence-electron chi connectivity index (χ3n) is 2.44. The van der Waals surface area contributed by atoms with Crippen LogP contribution >= 0.6 is 43.2 Å². The SMILES string of the molecule is CC(C)Oc1ccc(-c2nc(CCBr)sc2Br)cc1. The van der Waals surface area contributed by atoms with Gasteiger partial charge in [-0.2, -0.15) is 0 Å². The number of hydrogen-bond acceptors (Lipinski definition) is 3. The highest BCUT2D eigenvalue weighted by Crippen LogP contribution is 2.34. The summed E-state index contributed by atoms with van der Waals surface area (Å²) < 4.78 is 6.73. The molecule has 0 atom stereocenters. The van der Waals surface area contributed by atoms with E-state index in [2.05, 4.69) is 49.0 Å². The van der Waals surface area contributed by atoms with Crippen LogP contribution in [-0.4, -0.2) is 16.4 Å². The van der Waals surface area contributed by atoms with Crippen molar-refractivity contribution in [1.82, 2.24) is 4.98 Å². The molecule has 0 saturated carbocycles. The van der Waals surface area contributed by atoms with E-state index in [0.717, 1.165) is 37.6 Å². The van der Waals surface area contributed by atoms with E-state index in [0.29, 0.717) is 0 Å². The van der Waals surface area contributed by atoms with E-state index < -0.39 is 0 Å². The minimum Gasteiger partial charge on any atom is -0.491 e. The molecule has 0 amide bonds. The molecule has 1 aromatic carbocycles. The van der Waals surface area contributed by atoms with E-state index in [4.69, 9.17) is 4.74 Å². The summed E-state index contributed by atoms with van der Waals surface area (Å²) >= 11 is 8.73. The van der Waals surface area contributed by atoms with Crippen LogP contribution in [-0.2, 0) is 6.42 Å². The summed E-state index contributed by atoms with van der Waals surface area (Å²) in [6, 6.07) is 8.08. The third-order valence-corrected chi connectivity index (χ3v) is 4.60. The van der Waals surface area contributed by atoms with Crippen LogP contribution in [0.4, 0.5) is 0 Å². The molecule has 0 aliphatic rings. The van der Waals surface area contributed by atoms with E-state index in [1.54, 1.807) is 11.3 Å². The highest BCUT2D eigenvalue weighted by Gasteiger charge is 2.11. The highest BCUT2D eigenvalue weighted by molar-refractivity contribution is 9.11. The molecule has 0 unspecified atom stereocenters. The number of rotatable bonds is 5. The van der Waals surface area contributed by atoms with Gasteiger partial charge < -0.3 is 4.74 Å². The Balaban J connectivity index is 2.21. The van der Waals surface area contributed by atoms with Gasteiger partial charge in [0.05, 0.1) is 20.6 Å². The van der Waals surface area contributed by atoms with Crippen LogP contribution in [0, 0.1) is 0 Å². The van der Waals surface area contributed by atoms with Gasteiger partial charge in [0.25, 0.3) is 0 Å². The third kappa shape index (κ3) is 4.04. The molecule has 102 valence electrons. The van der Waals surface area contributed by atoms with Crippen LogP contribution in [0.15, 0.2) is 28.1 Å². The fraction of sp³-hybridized carbons (Fsp3) is 0.357. The number of thiazole rings is 1. The van der Waals surface area contributed by atoms with E-state index in [-0.39, 0.29) is 6.10 Å². The van der Waals surface area contributed by atoms with Crippen molar-refractivity contribution < 1.29 is 4.74 Å². The molecule has 0 bridgehead atoms. The quantitative estimate of drug-likeness (QED) is 0.631. The van der Waals surface area contributed by atoms with Gasteiger partial charge in [0.1, 0.15) is 5.75 Å². The van der Waals surface area contributed by atoms with Crippen molar-refractivity contribution in [3.05, 3.63) is 33.1 Å². The summed E-state index contributed by atoms with van der Waals surface area (Å²) in [4.78, 5) is 4.66. The average molecular weight is 405 g/mol. The maximum Gasteiger partial charge on any atom is 0.119 e. The maximum atomic E-state index is 5.64. The van der Waals surface area contributed by atoms with Crippen molar-refractivity contribution in [2.75, 3.05) is 5.33 Å².